The smallest absolute Gasteiger partial charge is 0.321 e. The van der Waals surface area contributed by atoms with Crippen molar-refractivity contribution in [2.24, 2.45) is 0 Å². The summed E-state index contributed by atoms with van der Waals surface area (Å²) in [4.78, 5) is 20.1. The highest BCUT2D eigenvalue weighted by Gasteiger charge is 2.22. The summed E-state index contributed by atoms with van der Waals surface area (Å²) in [6.45, 7) is 11.8. The molecule has 0 saturated carbocycles. The Labute approximate surface area is 125 Å². The zero-order valence-corrected chi connectivity index (χ0v) is 13.2. The van der Waals surface area contributed by atoms with Gasteiger partial charge >= 0.3 is 6.03 Å². The van der Waals surface area contributed by atoms with Crippen LogP contribution in [0.4, 0.5) is 4.79 Å². The summed E-state index contributed by atoms with van der Waals surface area (Å²) in [6, 6.07) is -0.398. The number of carbonyl (C=O) groups excluding carboxylic acids is 2. The predicted octanol–water partition coefficient (Wildman–Crippen LogP) is -0.490. The van der Waals surface area contributed by atoms with Crippen LogP contribution < -0.4 is 21.3 Å². The number of hydrogen-bond acceptors (Lipinski definition) is 6. The maximum Gasteiger partial charge on any atom is 0.321 e. The summed E-state index contributed by atoms with van der Waals surface area (Å²) in [5.41, 5.74) is 0.167. The Hall–Kier alpha value is -1.22. The molecule has 0 radical (unpaired) electrons. The molecule has 3 amide bonds. The molecule has 8 nitrogen and oxygen atoms in total. The molecule has 0 aromatic carbocycles. The highest BCUT2D eigenvalue weighted by atomic mass is 16.5. The van der Waals surface area contributed by atoms with Gasteiger partial charge in [0.1, 0.15) is 5.72 Å². The van der Waals surface area contributed by atoms with Crippen LogP contribution in [-0.2, 0) is 14.3 Å². The molecule has 3 aliphatic rings. The van der Waals surface area contributed by atoms with Gasteiger partial charge in [-0.05, 0) is 27.7 Å². The van der Waals surface area contributed by atoms with E-state index in [1.165, 1.54) is 0 Å². The monoisotopic (exact) mass is 302 g/mol. The number of nitrogens with one attached hydrogen (secondary N) is 4. The van der Waals surface area contributed by atoms with E-state index in [1.807, 2.05) is 19.2 Å². The molecule has 3 heterocycles. The van der Waals surface area contributed by atoms with Gasteiger partial charge in [-0.3, -0.25) is 20.7 Å². The van der Waals surface area contributed by atoms with Crippen molar-refractivity contribution in [3.63, 3.8) is 0 Å². The van der Waals surface area contributed by atoms with Gasteiger partial charge in [0.2, 0.25) is 5.91 Å². The maximum atomic E-state index is 10.1. The van der Waals surface area contributed by atoms with E-state index in [9.17, 15) is 9.59 Å². The Bertz CT molecular complexity index is 321. The number of amides is 3. The summed E-state index contributed by atoms with van der Waals surface area (Å²) in [5, 5.41) is 10.6. The van der Waals surface area contributed by atoms with Crippen LogP contribution in [0.5, 0.6) is 0 Å². The SMILES string of the molecule is CC1(C)COCN1.CC1(C)NCCO1.O=C1CNC(=O)N1. The van der Waals surface area contributed by atoms with Crippen molar-refractivity contribution < 1.29 is 19.1 Å². The van der Waals surface area contributed by atoms with Crippen LogP contribution in [0.3, 0.4) is 0 Å². The lowest BCUT2D eigenvalue weighted by Crippen LogP contribution is -2.34. The standard InChI is InChI=1S/2C5H11NO.C3H4N2O2/c1-5(2)3-7-4-6-5;1-5(2)6-3-4-7-5;6-2-1-4-3(7)5-2/h2*6H,3-4H2,1-2H3;1H2,(H2,4,5,6,7). The predicted molar refractivity (Wildman–Crippen MR) is 77.6 cm³/mol. The van der Waals surface area contributed by atoms with Crippen LogP contribution in [0.25, 0.3) is 0 Å². The van der Waals surface area contributed by atoms with Crippen LogP contribution in [0.15, 0.2) is 0 Å². The Morgan fingerprint density at radius 2 is 1.81 bits per heavy atom. The fraction of sp³-hybridized carbons (Fsp3) is 0.846. The summed E-state index contributed by atoms with van der Waals surface area (Å²) >= 11 is 0. The van der Waals surface area contributed by atoms with Gasteiger partial charge in [-0.15, -0.1) is 0 Å². The van der Waals surface area contributed by atoms with E-state index < -0.39 is 6.03 Å². The molecule has 0 atom stereocenters. The van der Waals surface area contributed by atoms with E-state index in [2.05, 4.69) is 29.8 Å². The number of imide groups is 1. The Kier molecular flexibility index (Phi) is 6.53. The van der Waals surface area contributed by atoms with Gasteiger partial charge in [-0.2, -0.15) is 0 Å². The number of ether oxygens (including phenoxy) is 2. The molecule has 4 N–H and O–H groups in total. The van der Waals surface area contributed by atoms with Crippen LogP contribution in [0.1, 0.15) is 27.7 Å². The highest BCUT2D eigenvalue weighted by Crippen LogP contribution is 2.07. The lowest BCUT2D eigenvalue weighted by atomic mass is 10.1. The molecule has 0 aromatic heterocycles. The van der Waals surface area contributed by atoms with E-state index in [0.29, 0.717) is 6.73 Å². The van der Waals surface area contributed by atoms with Crippen molar-refractivity contribution in [2.45, 2.75) is 39.0 Å². The van der Waals surface area contributed by atoms with E-state index >= 15 is 0 Å². The first-order valence-electron chi connectivity index (χ1n) is 7.00. The lowest BCUT2D eigenvalue weighted by molar-refractivity contribution is -0.117. The molecule has 0 aliphatic carbocycles. The molecule has 8 heteroatoms. The first-order chi connectivity index (χ1) is 9.70. The average Bonchev–Trinajstić information content (AvgIpc) is 3.05. The van der Waals surface area contributed by atoms with Gasteiger partial charge in [-0.25, -0.2) is 4.79 Å². The van der Waals surface area contributed by atoms with Gasteiger partial charge < -0.3 is 14.8 Å². The minimum absolute atomic E-state index is 0.0556. The quantitative estimate of drug-likeness (QED) is 0.451. The van der Waals surface area contributed by atoms with Crippen molar-refractivity contribution in [1.29, 1.82) is 0 Å². The van der Waals surface area contributed by atoms with E-state index in [0.717, 1.165) is 19.8 Å². The Morgan fingerprint density at radius 1 is 1.10 bits per heavy atom. The van der Waals surface area contributed by atoms with Crippen molar-refractivity contribution >= 4 is 11.9 Å². The first-order valence-corrected chi connectivity index (χ1v) is 7.00. The van der Waals surface area contributed by atoms with Crippen LogP contribution in [0.2, 0.25) is 0 Å². The van der Waals surface area contributed by atoms with E-state index in [-0.39, 0.29) is 23.7 Å². The van der Waals surface area contributed by atoms with Crippen LogP contribution in [0, 0.1) is 0 Å². The molecule has 3 fully saturated rings. The molecule has 21 heavy (non-hydrogen) atoms. The number of hydrogen-bond donors (Lipinski definition) is 4. The fourth-order valence-corrected chi connectivity index (χ4v) is 1.69. The third-order valence-electron chi connectivity index (χ3n) is 2.89. The summed E-state index contributed by atoms with van der Waals surface area (Å²) in [7, 11) is 0. The van der Waals surface area contributed by atoms with Gasteiger partial charge in [0.05, 0.1) is 26.5 Å². The van der Waals surface area contributed by atoms with Crippen molar-refractivity contribution in [3.8, 4) is 0 Å². The third kappa shape index (κ3) is 7.96. The highest BCUT2D eigenvalue weighted by molar-refractivity contribution is 6.01. The summed E-state index contributed by atoms with van der Waals surface area (Å²) < 4.78 is 10.3. The summed E-state index contributed by atoms with van der Waals surface area (Å²) in [5.74, 6) is -0.259. The normalized spacial score (nSPS) is 25.1. The van der Waals surface area contributed by atoms with E-state index in [4.69, 9.17) is 9.47 Å². The van der Waals surface area contributed by atoms with Crippen LogP contribution in [-0.4, -0.2) is 56.2 Å². The molecule has 0 spiro atoms. The third-order valence-corrected chi connectivity index (χ3v) is 2.89. The van der Waals surface area contributed by atoms with Gasteiger partial charge in [0, 0.05) is 12.1 Å². The molecular formula is C13H26N4O4. The van der Waals surface area contributed by atoms with Gasteiger partial charge in [0.25, 0.3) is 0 Å². The molecule has 0 aromatic rings. The lowest BCUT2D eigenvalue weighted by Gasteiger charge is -2.15. The molecule has 3 aliphatic heterocycles. The van der Waals surface area contributed by atoms with Gasteiger partial charge in [0.15, 0.2) is 0 Å². The number of rotatable bonds is 0. The Balaban J connectivity index is 0.000000157. The minimum Gasteiger partial charge on any atom is -0.364 e. The minimum atomic E-state index is -0.398. The molecule has 0 unspecified atom stereocenters. The van der Waals surface area contributed by atoms with Crippen LogP contribution >= 0.6 is 0 Å². The molecular weight excluding hydrogens is 276 g/mol. The maximum absolute atomic E-state index is 10.1. The van der Waals surface area contributed by atoms with E-state index in [1.54, 1.807) is 0 Å². The molecule has 3 rings (SSSR count). The molecule has 3 saturated heterocycles. The largest absolute Gasteiger partial charge is 0.364 e. The number of carbonyl (C=O) groups is 2. The average molecular weight is 302 g/mol. The number of urea groups is 1. The van der Waals surface area contributed by atoms with Crippen molar-refractivity contribution in [2.75, 3.05) is 33.0 Å². The second-order valence-corrected chi connectivity index (χ2v) is 6.07. The van der Waals surface area contributed by atoms with Gasteiger partial charge in [-0.1, -0.05) is 0 Å². The zero-order chi connectivity index (χ0) is 15.9. The molecule has 122 valence electrons. The first kappa shape index (κ1) is 17.8. The molecule has 0 bridgehead atoms. The second-order valence-electron chi connectivity index (χ2n) is 6.07. The summed E-state index contributed by atoms with van der Waals surface area (Å²) in [6.07, 6.45) is 0. The topological polar surface area (TPSA) is 101 Å². The van der Waals surface area contributed by atoms with Crippen molar-refractivity contribution in [3.05, 3.63) is 0 Å². The van der Waals surface area contributed by atoms with Crippen molar-refractivity contribution in [1.82, 2.24) is 21.3 Å². The second kappa shape index (κ2) is 7.69. The zero-order valence-electron chi connectivity index (χ0n) is 13.2. The fourth-order valence-electron chi connectivity index (χ4n) is 1.69. The Morgan fingerprint density at radius 3 is 1.95 bits per heavy atom.